The summed E-state index contributed by atoms with van der Waals surface area (Å²) in [4.78, 5) is 13.2. The van der Waals surface area contributed by atoms with Gasteiger partial charge in [-0.1, -0.05) is 26.3 Å². The molecule has 0 aromatic heterocycles. The molecule has 4 aliphatic carbocycles. The molecule has 3 saturated carbocycles. The highest BCUT2D eigenvalue weighted by molar-refractivity contribution is 5.83. The van der Waals surface area contributed by atoms with Gasteiger partial charge in [0.2, 0.25) is 0 Å². The maximum Gasteiger partial charge on any atom is 0.136 e. The standard InChI is InChI=1S/C27H41NO3/c1-14-9-24-25(28-13-14)16(3)27(31-24)8-6-18-19(15(27)2)11-21-20(18)12-23(30)22-10-17(29)5-7-26(21,22)4/h14,16-18,20-22,24-25,28-29H,5-13H2,1-4H3/t14-,16+,17-,18+,20-,21-,22+,24+,25?,26+,27-/m0/s1. The number of ether oxygens (including phenoxy) is 1. The summed E-state index contributed by atoms with van der Waals surface area (Å²) in [7, 11) is 0. The van der Waals surface area contributed by atoms with Crippen molar-refractivity contribution in [1.29, 1.82) is 0 Å². The minimum atomic E-state index is -0.280. The lowest BCUT2D eigenvalue weighted by Crippen LogP contribution is -2.51. The number of fused-ring (bicyclic) bond motifs is 6. The highest BCUT2D eigenvalue weighted by atomic mass is 16.5. The Bertz CT molecular complexity index is 821. The molecule has 2 N–H and O–H groups in total. The van der Waals surface area contributed by atoms with Gasteiger partial charge in [0, 0.05) is 24.3 Å². The number of carbonyl (C=O) groups excluding carboxylic acids is 1. The van der Waals surface area contributed by atoms with Crippen LogP contribution in [0.2, 0.25) is 0 Å². The molecule has 0 radical (unpaired) electrons. The van der Waals surface area contributed by atoms with Crippen LogP contribution >= 0.6 is 0 Å². The molecule has 4 nitrogen and oxygen atoms in total. The smallest absolute Gasteiger partial charge is 0.136 e. The Morgan fingerprint density at radius 2 is 1.94 bits per heavy atom. The number of hydrogen-bond donors (Lipinski definition) is 2. The molecule has 0 aromatic rings. The van der Waals surface area contributed by atoms with E-state index in [1.54, 1.807) is 5.57 Å². The second-order valence-corrected chi connectivity index (χ2v) is 12.5. The number of allylic oxidation sites excluding steroid dienone is 1. The lowest BCUT2D eigenvalue weighted by molar-refractivity contribution is -0.145. The Morgan fingerprint density at radius 1 is 1.13 bits per heavy atom. The van der Waals surface area contributed by atoms with E-state index in [4.69, 9.17) is 4.74 Å². The van der Waals surface area contributed by atoms with Crippen LogP contribution in [0.25, 0.3) is 0 Å². The first-order chi connectivity index (χ1) is 14.7. The third-order valence-electron chi connectivity index (χ3n) is 11.2. The van der Waals surface area contributed by atoms with Crippen molar-refractivity contribution in [1.82, 2.24) is 5.32 Å². The minimum Gasteiger partial charge on any atom is -0.393 e. The fourth-order valence-electron chi connectivity index (χ4n) is 9.46. The van der Waals surface area contributed by atoms with Crippen molar-refractivity contribution in [3.63, 3.8) is 0 Å². The van der Waals surface area contributed by atoms with Crippen LogP contribution in [0.15, 0.2) is 11.1 Å². The van der Waals surface area contributed by atoms with Crippen molar-refractivity contribution >= 4 is 5.78 Å². The molecule has 4 heteroatoms. The summed E-state index contributed by atoms with van der Waals surface area (Å²) in [5.74, 6) is 3.41. The molecular weight excluding hydrogens is 386 g/mol. The lowest BCUT2D eigenvalue weighted by Gasteiger charge is -2.52. The normalized spacial score (nSPS) is 56.3. The van der Waals surface area contributed by atoms with E-state index < -0.39 is 0 Å². The first-order valence-electron chi connectivity index (χ1n) is 13.1. The van der Waals surface area contributed by atoms with Crippen molar-refractivity contribution in [2.75, 3.05) is 6.54 Å². The van der Waals surface area contributed by atoms with Crippen molar-refractivity contribution in [3.05, 3.63) is 11.1 Å². The van der Waals surface area contributed by atoms with Gasteiger partial charge < -0.3 is 15.2 Å². The van der Waals surface area contributed by atoms with Gasteiger partial charge in [0.05, 0.1) is 17.8 Å². The molecule has 0 aromatic carbocycles. The van der Waals surface area contributed by atoms with Gasteiger partial charge in [-0.05, 0) is 93.1 Å². The molecule has 31 heavy (non-hydrogen) atoms. The van der Waals surface area contributed by atoms with Crippen LogP contribution in [0.1, 0.15) is 79.1 Å². The van der Waals surface area contributed by atoms with E-state index in [-0.39, 0.29) is 23.0 Å². The number of carbonyl (C=O) groups is 1. The number of piperidine rings is 1. The maximum absolute atomic E-state index is 13.2. The molecule has 2 heterocycles. The molecule has 1 unspecified atom stereocenters. The van der Waals surface area contributed by atoms with E-state index in [0.717, 1.165) is 38.6 Å². The first-order valence-corrected chi connectivity index (χ1v) is 13.1. The van der Waals surface area contributed by atoms with Crippen LogP contribution in [0, 0.1) is 40.9 Å². The van der Waals surface area contributed by atoms with E-state index in [0.29, 0.717) is 53.9 Å². The van der Waals surface area contributed by atoms with Crippen LogP contribution in [0.4, 0.5) is 0 Å². The molecule has 2 saturated heterocycles. The zero-order chi connectivity index (χ0) is 21.7. The fraction of sp³-hybridized carbons (Fsp3) is 0.889. The van der Waals surface area contributed by atoms with Gasteiger partial charge in [-0.15, -0.1) is 0 Å². The average molecular weight is 428 g/mol. The van der Waals surface area contributed by atoms with Crippen LogP contribution in [-0.2, 0) is 9.53 Å². The van der Waals surface area contributed by atoms with Gasteiger partial charge in [-0.25, -0.2) is 0 Å². The van der Waals surface area contributed by atoms with Crippen molar-refractivity contribution in [2.45, 2.75) is 103 Å². The predicted octanol–water partition coefficient (Wildman–Crippen LogP) is 4.26. The van der Waals surface area contributed by atoms with E-state index in [1.807, 2.05) is 0 Å². The van der Waals surface area contributed by atoms with Crippen molar-refractivity contribution in [3.8, 4) is 0 Å². The number of aliphatic hydroxyl groups excluding tert-OH is 1. The average Bonchev–Trinajstić information content (AvgIpc) is 3.23. The second-order valence-electron chi connectivity index (χ2n) is 12.5. The summed E-state index contributed by atoms with van der Waals surface area (Å²) in [5.41, 5.74) is 3.15. The second kappa shape index (κ2) is 6.90. The first kappa shape index (κ1) is 20.9. The Kier molecular flexibility index (Phi) is 4.64. The van der Waals surface area contributed by atoms with Crippen LogP contribution in [0.3, 0.4) is 0 Å². The molecule has 5 fully saturated rings. The predicted molar refractivity (Wildman–Crippen MR) is 120 cm³/mol. The Morgan fingerprint density at radius 3 is 2.74 bits per heavy atom. The monoisotopic (exact) mass is 427 g/mol. The largest absolute Gasteiger partial charge is 0.393 e. The number of Topliss-reactive ketones (excluding diaryl/α,β-unsaturated/α-hetero) is 1. The molecule has 0 bridgehead atoms. The van der Waals surface area contributed by atoms with E-state index >= 15 is 0 Å². The molecular formula is C27H41NO3. The summed E-state index contributed by atoms with van der Waals surface area (Å²) >= 11 is 0. The number of nitrogens with one attached hydrogen (secondary N) is 1. The maximum atomic E-state index is 13.2. The Labute approximate surface area is 187 Å². The van der Waals surface area contributed by atoms with Crippen molar-refractivity contribution in [2.24, 2.45) is 40.9 Å². The van der Waals surface area contributed by atoms with Gasteiger partial charge in [-0.2, -0.15) is 0 Å². The molecule has 6 rings (SSSR count). The highest BCUT2D eigenvalue weighted by Crippen LogP contribution is 2.65. The van der Waals surface area contributed by atoms with Gasteiger partial charge in [0.15, 0.2) is 0 Å². The summed E-state index contributed by atoms with van der Waals surface area (Å²) in [5, 5.41) is 14.1. The zero-order valence-corrected chi connectivity index (χ0v) is 19.8. The van der Waals surface area contributed by atoms with Gasteiger partial charge >= 0.3 is 0 Å². The Hall–Kier alpha value is -0.710. The third-order valence-corrected chi connectivity index (χ3v) is 11.2. The highest BCUT2D eigenvalue weighted by Gasteiger charge is 2.62. The topological polar surface area (TPSA) is 58.6 Å². The van der Waals surface area contributed by atoms with Crippen LogP contribution < -0.4 is 5.32 Å². The fourth-order valence-corrected chi connectivity index (χ4v) is 9.46. The SMILES string of the molecule is CC1=C2C[C@H]3[C@@H](CC(=O)[C@H]4C[C@@H](O)CC[C@@]43C)[C@@H]2CC[C@]12O[C@@H]1C[C@H](C)CNC1[C@H]2C. The number of aliphatic hydroxyl groups is 1. The molecule has 2 aliphatic heterocycles. The lowest BCUT2D eigenvalue weighted by atomic mass is 9.51. The summed E-state index contributed by atoms with van der Waals surface area (Å²) in [6, 6.07) is 0.482. The summed E-state index contributed by atoms with van der Waals surface area (Å²) < 4.78 is 7.00. The number of rotatable bonds is 0. The van der Waals surface area contributed by atoms with Gasteiger partial charge in [0.25, 0.3) is 0 Å². The van der Waals surface area contributed by atoms with E-state index in [9.17, 15) is 9.90 Å². The molecule has 172 valence electrons. The van der Waals surface area contributed by atoms with Crippen LogP contribution in [-0.4, -0.2) is 41.3 Å². The van der Waals surface area contributed by atoms with Gasteiger partial charge in [0.1, 0.15) is 5.78 Å². The minimum absolute atomic E-state index is 0.0720. The number of ketones is 1. The van der Waals surface area contributed by atoms with E-state index in [1.165, 1.54) is 18.4 Å². The molecule has 6 aliphatic rings. The Balaban J connectivity index is 1.35. The summed E-state index contributed by atoms with van der Waals surface area (Å²) in [6.07, 6.45) is 8.02. The zero-order valence-electron chi connectivity index (χ0n) is 19.8. The van der Waals surface area contributed by atoms with Crippen LogP contribution in [0.5, 0.6) is 0 Å². The van der Waals surface area contributed by atoms with E-state index in [2.05, 4.69) is 33.0 Å². The van der Waals surface area contributed by atoms with Gasteiger partial charge in [-0.3, -0.25) is 4.79 Å². The molecule has 0 amide bonds. The number of hydrogen-bond acceptors (Lipinski definition) is 4. The quantitative estimate of drug-likeness (QED) is 0.567. The third kappa shape index (κ3) is 2.74. The molecule has 1 spiro atoms. The molecule has 11 atom stereocenters. The summed E-state index contributed by atoms with van der Waals surface area (Å²) in [6.45, 7) is 10.6. The van der Waals surface area contributed by atoms with Crippen molar-refractivity contribution < 1.29 is 14.6 Å².